The van der Waals surface area contributed by atoms with E-state index in [1.807, 2.05) is 60.7 Å². The highest BCUT2D eigenvalue weighted by molar-refractivity contribution is 6.04. The van der Waals surface area contributed by atoms with Gasteiger partial charge in [-0.05, 0) is 59.5 Å². The Morgan fingerprint density at radius 3 is 2.12 bits per heavy atom. The lowest BCUT2D eigenvalue weighted by molar-refractivity contribution is 0.102. The summed E-state index contributed by atoms with van der Waals surface area (Å²) < 4.78 is 5.07. The molecule has 0 unspecified atom stereocenters. The fraction of sp³-hybridized carbons (Fsp3) is 0.143. The van der Waals surface area contributed by atoms with E-state index < -0.39 is 0 Å². The normalized spacial score (nSPS) is 10.4. The number of anilines is 1. The maximum atomic E-state index is 12.3. The molecule has 0 fully saturated rings. The topological polar surface area (TPSA) is 51.2 Å². The SMILES string of the molecule is COCc1ccc(C(=O)Nc2ccc(Cc3ccncc3)cc2)cc1. The van der Waals surface area contributed by atoms with Gasteiger partial charge in [0.15, 0.2) is 0 Å². The van der Waals surface area contributed by atoms with Gasteiger partial charge in [0.1, 0.15) is 0 Å². The number of aromatic nitrogens is 1. The lowest BCUT2D eigenvalue weighted by Gasteiger charge is -2.08. The van der Waals surface area contributed by atoms with Crippen molar-refractivity contribution < 1.29 is 9.53 Å². The van der Waals surface area contributed by atoms with Crippen LogP contribution in [0, 0.1) is 0 Å². The number of carbonyl (C=O) groups is 1. The molecule has 4 nitrogen and oxygen atoms in total. The number of nitrogens with one attached hydrogen (secondary N) is 1. The minimum Gasteiger partial charge on any atom is -0.380 e. The average Bonchev–Trinajstić information content (AvgIpc) is 2.65. The fourth-order valence-corrected chi connectivity index (χ4v) is 2.56. The first-order chi connectivity index (χ1) is 12.2. The summed E-state index contributed by atoms with van der Waals surface area (Å²) in [6.45, 7) is 0.542. The van der Waals surface area contributed by atoms with Gasteiger partial charge in [0, 0.05) is 30.8 Å². The predicted octanol–water partition coefficient (Wildman–Crippen LogP) is 4.07. The van der Waals surface area contributed by atoms with Gasteiger partial charge in [0.2, 0.25) is 0 Å². The van der Waals surface area contributed by atoms with Gasteiger partial charge >= 0.3 is 0 Å². The van der Waals surface area contributed by atoms with Crippen LogP contribution >= 0.6 is 0 Å². The Hall–Kier alpha value is -2.98. The molecule has 0 aliphatic heterocycles. The first-order valence-corrected chi connectivity index (χ1v) is 8.11. The van der Waals surface area contributed by atoms with E-state index in [2.05, 4.69) is 10.3 Å². The summed E-state index contributed by atoms with van der Waals surface area (Å²) in [6.07, 6.45) is 4.43. The van der Waals surface area contributed by atoms with Crippen molar-refractivity contribution in [2.75, 3.05) is 12.4 Å². The van der Waals surface area contributed by atoms with E-state index in [-0.39, 0.29) is 5.91 Å². The second kappa shape index (κ2) is 8.22. The Morgan fingerprint density at radius 2 is 1.48 bits per heavy atom. The highest BCUT2D eigenvalue weighted by atomic mass is 16.5. The molecule has 3 rings (SSSR count). The molecule has 0 saturated heterocycles. The zero-order valence-electron chi connectivity index (χ0n) is 14.1. The molecule has 0 aliphatic carbocycles. The number of amides is 1. The average molecular weight is 332 g/mol. The molecule has 1 N–H and O–H groups in total. The van der Waals surface area contributed by atoms with E-state index in [1.54, 1.807) is 19.5 Å². The number of pyridine rings is 1. The second-order valence-corrected chi connectivity index (χ2v) is 5.81. The third-order valence-corrected chi connectivity index (χ3v) is 3.90. The number of benzene rings is 2. The minimum absolute atomic E-state index is 0.120. The molecule has 1 aromatic heterocycles. The van der Waals surface area contributed by atoms with Gasteiger partial charge in [-0.2, -0.15) is 0 Å². The van der Waals surface area contributed by atoms with Gasteiger partial charge in [0.05, 0.1) is 6.61 Å². The van der Waals surface area contributed by atoms with Gasteiger partial charge in [-0.3, -0.25) is 9.78 Å². The number of ether oxygens (including phenoxy) is 1. The Labute approximate surface area is 147 Å². The number of carbonyl (C=O) groups excluding carboxylic acids is 1. The number of nitrogens with zero attached hydrogens (tertiary/aromatic N) is 1. The van der Waals surface area contributed by atoms with E-state index in [0.717, 1.165) is 17.7 Å². The standard InChI is InChI=1S/C21H20N2O2/c1-25-15-18-2-6-19(7-3-18)21(24)23-20-8-4-16(5-9-20)14-17-10-12-22-13-11-17/h2-13H,14-15H2,1H3,(H,23,24). The van der Waals surface area contributed by atoms with Crippen molar-refractivity contribution in [3.63, 3.8) is 0 Å². The lowest BCUT2D eigenvalue weighted by Crippen LogP contribution is -2.11. The summed E-state index contributed by atoms with van der Waals surface area (Å²) in [4.78, 5) is 16.3. The van der Waals surface area contributed by atoms with Crippen LogP contribution in [0.4, 0.5) is 5.69 Å². The Morgan fingerprint density at radius 1 is 0.880 bits per heavy atom. The number of methoxy groups -OCH3 is 1. The van der Waals surface area contributed by atoms with Crippen molar-refractivity contribution in [2.24, 2.45) is 0 Å². The highest BCUT2D eigenvalue weighted by Crippen LogP contribution is 2.15. The maximum Gasteiger partial charge on any atom is 0.255 e. The molecule has 3 aromatic rings. The van der Waals surface area contributed by atoms with Gasteiger partial charge in [-0.15, -0.1) is 0 Å². The van der Waals surface area contributed by atoms with E-state index >= 15 is 0 Å². The largest absolute Gasteiger partial charge is 0.380 e. The summed E-state index contributed by atoms with van der Waals surface area (Å²) in [5.41, 5.74) is 4.85. The fourth-order valence-electron chi connectivity index (χ4n) is 2.56. The minimum atomic E-state index is -0.120. The lowest BCUT2D eigenvalue weighted by atomic mass is 10.1. The number of hydrogen-bond donors (Lipinski definition) is 1. The van der Waals surface area contributed by atoms with Crippen molar-refractivity contribution in [2.45, 2.75) is 13.0 Å². The van der Waals surface area contributed by atoms with Crippen LogP contribution in [0.2, 0.25) is 0 Å². The Bertz CT molecular complexity index is 813. The van der Waals surface area contributed by atoms with Crippen LogP contribution in [-0.4, -0.2) is 18.0 Å². The summed E-state index contributed by atoms with van der Waals surface area (Å²) in [7, 11) is 1.65. The Balaban J connectivity index is 1.61. The molecule has 0 spiro atoms. The molecule has 4 heteroatoms. The van der Waals surface area contributed by atoms with Crippen LogP contribution in [0.1, 0.15) is 27.0 Å². The maximum absolute atomic E-state index is 12.3. The first kappa shape index (κ1) is 16.9. The molecule has 126 valence electrons. The van der Waals surface area contributed by atoms with Crippen molar-refractivity contribution in [3.05, 3.63) is 95.3 Å². The van der Waals surface area contributed by atoms with Gasteiger partial charge in [-0.25, -0.2) is 0 Å². The quantitative estimate of drug-likeness (QED) is 0.740. The van der Waals surface area contributed by atoms with E-state index in [9.17, 15) is 4.79 Å². The molecule has 0 bridgehead atoms. The summed E-state index contributed by atoms with van der Waals surface area (Å²) in [6, 6.07) is 19.3. The second-order valence-electron chi connectivity index (χ2n) is 5.81. The van der Waals surface area contributed by atoms with E-state index in [0.29, 0.717) is 12.2 Å². The van der Waals surface area contributed by atoms with Crippen LogP contribution < -0.4 is 5.32 Å². The molecule has 0 aliphatic rings. The summed E-state index contributed by atoms with van der Waals surface area (Å²) in [5.74, 6) is -0.120. The molecule has 0 saturated carbocycles. The third kappa shape index (κ3) is 4.75. The van der Waals surface area contributed by atoms with Crippen molar-refractivity contribution in [1.29, 1.82) is 0 Å². The first-order valence-electron chi connectivity index (χ1n) is 8.11. The van der Waals surface area contributed by atoms with Crippen molar-refractivity contribution in [1.82, 2.24) is 4.98 Å². The zero-order valence-corrected chi connectivity index (χ0v) is 14.1. The smallest absolute Gasteiger partial charge is 0.255 e. The van der Waals surface area contributed by atoms with Gasteiger partial charge in [0.25, 0.3) is 5.91 Å². The number of hydrogen-bond acceptors (Lipinski definition) is 3. The summed E-state index contributed by atoms with van der Waals surface area (Å²) >= 11 is 0. The van der Waals surface area contributed by atoms with Crippen LogP contribution in [0.25, 0.3) is 0 Å². The molecule has 1 amide bonds. The zero-order chi connectivity index (χ0) is 17.5. The third-order valence-electron chi connectivity index (χ3n) is 3.90. The summed E-state index contributed by atoms with van der Waals surface area (Å²) in [5, 5.41) is 2.92. The van der Waals surface area contributed by atoms with Crippen LogP contribution in [0.3, 0.4) is 0 Å². The molecule has 1 heterocycles. The van der Waals surface area contributed by atoms with E-state index in [4.69, 9.17) is 4.74 Å². The highest BCUT2D eigenvalue weighted by Gasteiger charge is 2.06. The molecular weight excluding hydrogens is 312 g/mol. The monoisotopic (exact) mass is 332 g/mol. The molecular formula is C21H20N2O2. The van der Waals surface area contributed by atoms with Crippen LogP contribution in [0.15, 0.2) is 73.1 Å². The molecule has 0 atom stereocenters. The van der Waals surface area contributed by atoms with Crippen molar-refractivity contribution >= 4 is 11.6 Å². The predicted molar refractivity (Wildman–Crippen MR) is 98.6 cm³/mol. The molecule has 0 radical (unpaired) electrons. The van der Waals surface area contributed by atoms with Gasteiger partial charge < -0.3 is 10.1 Å². The number of rotatable bonds is 6. The van der Waals surface area contributed by atoms with E-state index in [1.165, 1.54) is 11.1 Å². The van der Waals surface area contributed by atoms with Crippen molar-refractivity contribution in [3.8, 4) is 0 Å². The Kier molecular flexibility index (Phi) is 5.54. The van der Waals surface area contributed by atoms with Crippen LogP contribution in [0.5, 0.6) is 0 Å². The van der Waals surface area contributed by atoms with Crippen LogP contribution in [-0.2, 0) is 17.8 Å². The molecule has 2 aromatic carbocycles. The molecule has 25 heavy (non-hydrogen) atoms. The van der Waals surface area contributed by atoms with Gasteiger partial charge in [-0.1, -0.05) is 24.3 Å².